The smallest absolute Gasteiger partial charge is 0.119 e. The van der Waals surface area contributed by atoms with Gasteiger partial charge in [-0.2, -0.15) is 0 Å². The molecule has 1 aromatic carbocycles. The van der Waals surface area contributed by atoms with Gasteiger partial charge >= 0.3 is 0 Å². The van der Waals surface area contributed by atoms with Crippen LogP contribution >= 0.6 is 0 Å². The molecule has 1 unspecified atom stereocenters. The average molecular weight is 238 g/mol. The molecule has 0 bridgehead atoms. The largest absolute Gasteiger partial charge is 0.491 e. The molecule has 1 atom stereocenters. The Bertz CT molecular complexity index is 293. The zero-order chi connectivity index (χ0) is 12.5. The van der Waals surface area contributed by atoms with Crippen LogP contribution in [0.4, 0.5) is 0 Å². The molecule has 0 aliphatic carbocycles. The number of aliphatic hydroxyl groups is 1. The zero-order valence-electron chi connectivity index (χ0n) is 10.7. The molecule has 3 heteroatoms. The highest BCUT2D eigenvalue weighted by Gasteiger charge is 1.99. The average Bonchev–Trinajstić information content (AvgIpc) is 2.33. The Balaban J connectivity index is 2.29. The Hall–Kier alpha value is -1.06. The Kier molecular flexibility index (Phi) is 6.67. The summed E-state index contributed by atoms with van der Waals surface area (Å²) < 4.78 is 10.7. The van der Waals surface area contributed by atoms with E-state index in [-0.39, 0.29) is 6.10 Å². The van der Waals surface area contributed by atoms with Crippen molar-refractivity contribution < 1.29 is 14.6 Å². The Morgan fingerprint density at radius 3 is 2.47 bits per heavy atom. The van der Waals surface area contributed by atoms with E-state index in [0.29, 0.717) is 13.2 Å². The first kappa shape index (κ1) is 14.0. The molecule has 1 rings (SSSR count). The van der Waals surface area contributed by atoms with E-state index in [9.17, 15) is 5.11 Å². The van der Waals surface area contributed by atoms with Gasteiger partial charge in [0.05, 0.1) is 12.7 Å². The summed E-state index contributed by atoms with van der Waals surface area (Å²) in [6.07, 6.45) is 1.46. The van der Waals surface area contributed by atoms with E-state index in [2.05, 4.69) is 0 Å². The molecule has 0 spiro atoms. The van der Waals surface area contributed by atoms with Crippen LogP contribution < -0.4 is 4.74 Å². The SMILES string of the molecule is CCOCCOc1ccc(CCC(C)O)cc1. The highest BCUT2D eigenvalue weighted by Crippen LogP contribution is 2.13. The second kappa shape index (κ2) is 8.09. The van der Waals surface area contributed by atoms with Gasteiger partial charge in [0, 0.05) is 6.61 Å². The third-order valence-corrected chi connectivity index (χ3v) is 2.47. The second-order valence-electron chi connectivity index (χ2n) is 4.08. The summed E-state index contributed by atoms with van der Waals surface area (Å²) in [4.78, 5) is 0. The molecule has 0 aromatic heterocycles. The van der Waals surface area contributed by atoms with Crippen LogP contribution in [0.15, 0.2) is 24.3 Å². The Labute approximate surface area is 103 Å². The molecular weight excluding hydrogens is 216 g/mol. The molecule has 0 saturated heterocycles. The molecular formula is C14H22O3. The van der Waals surface area contributed by atoms with E-state index < -0.39 is 0 Å². The minimum absolute atomic E-state index is 0.239. The van der Waals surface area contributed by atoms with Gasteiger partial charge in [-0.25, -0.2) is 0 Å². The predicted molar refractivity (Wildman–Crippen MR) is 68.4 cm³/mol. The van der Waals surface area contributed by atoms with Gasteiger partial charge in [0.25, 0.3) is 0 Å². The molecule has 1 N–H and O–H groups in total. The number of hydrogen-bond acceptors (Lipinski definition) is 3. The monoisotopic (exact) mass is 238 g/mol. The van der Waals surface area contributed by atoms with Crippen molar-refractivity contribution in [3.63, 3.8) is 0 Å². The molecule has 0 aliphatic heterocycles. The predicted octanol–water partition coefficient (Wildman–Crippen LogP) is 2.42. The van der Waals surface area contributed by atoms with Crippen molar-refractivity contribution in [2.45, 2.75) is 32.8 Å². The molecule has 0 amide bonds. The summed E-state index contributed by atoms with van der Waals surface area (Å²) in [5, 5.41) is 9.20. The molecule has 0 saturated carbocycles. The lowest BCUT2D eigenvalue weighted by atomic mass is 10.1. The summed E-state index contributed by atoms with van der Waals surface area (Å²) in [5.74, 6) is 0.866. The van der Waals surface area contributed by atoms with Crippen molar-refractivity contribution in [3.8, 4) is 5.75 Å². The van der Waals surface area contributed by atoms with Crippen LogP contribution in [0.5, 0.6) is 5.75 Å². The van der Waals surface area contributed by atoms with Crippen molar-refractivity contribution in [2.24, 2.45) is 0 Å². The van der Waals surface area contributed by atoms with E-state index in [1.165, 1.54) is 5.56 Å². The minimum atomic E-state index is -0.239. The van der Waals surface area contributed by atoms with Crippen molar-refractivity contribution in [1.82, 2.24) is 0 Å². The zero-order valence-corrected chi connectivity index (χ0v) is 10.7. The van der Waals surface area contributed by atoms with E-state index in [0.717, 1.165) is 25.2 Å². The summed E-state index contributed by atoms with van der Waals surface area (Å²) in [6.45, 7) is 5.71. The van der Waals surface area contributed by atoms with Crippen LogP contribution in [0.3, 0.4) is 0 Å². The van der Waals surface area contributed by atoms with Gasteiger partial charge < -0.3 is 14.6 Å². The van der Waals surface area contributed by atoms with Crippen LogP contribution in [0.2, 0.25) is 0 Å². The first-order valence-electron chi connectivity index (χ1n) is 6.20. The minimum Gasteiger partial charge on any atom is -0.491 e. The lowest BCUT2D eigenvalue weighted by molar-refractivity contribution is 0.110. The third kappa shape index (κ3) is 6.29. The molecule has 96 valence electrons. The Morgan fingerprint density at radius 2 is 1.88 bits per heavy atom. The maximum absolute atomic E-state index is 9.20. The fraction of sp³-hybridized carbons (Fsp3) is 0.571. The van der Waals surface area contributed by atoms with Crippen molar-refractivity contribution in [3.05, 3.63) is 29.8 Å². The van der Waals surface area contributed by atoms with Crippen LogP contribution in [-0.2, 0) is 11.2 Å². The summed E-state index contributed by atoms with van der Waals surface area (Å²) in [6, 6.07) is 8.00. The van der Waals surface area contributed by atoms with Gasteiger partial charge in [-0.05, 0) is 44.4 Å². The van der Waals surface area contributed by atoms with E-state index >= 15 is 0 Å². The number of benzene rings is 1. The molecule has 1 aromatic rings. The standard InChI is InChI=1S/C14H22O3/c1-3-16-10-11-17-14-8-6-13(7-9-14)5-4-12(2)15/h6-9,12,15H,3-5,10-11H2,1-2H3. The maximum Gasteiger partial charge on any atom is 0.119 e. The van der Waals surface area contributed by atoms with Crippen LogP contribution in [0.25, 0.3) is 0 Å². The van der Waals surface area contributed by atoms with Crippen molar-refractivity contribution in [1.29, 1.82) is 0 Å². The summed E-state index contributed by atoms with van der Waals surface area (Å²) >= 11 is 0. The lowest BCUT2D eigenvalue weighted by Gasteiger charge is -2.08. The van der Waals surface area contributed by atoms with Crippen molar-refractivity contribution >= 4 is 0 Å². The Morgan fingerprint density at radius 1 is 1.18 bits per heavy atom. The first-order valence-corrected chi connectivity index (χ1v) is 6.20. The molecule has 3 nitrogen and oxygen atoms in total. The lowest BCUT2D eigenvalue weighted by Crippen LogP contribution is -2.06. The van der Waals surface area contributed by atoms with Crippen LogP contribution in [0, 0.1) is 0 Å². The number of hydrogen-bond donors (Lipinski definition) is 1. The quantitative estimate of drug-likeness (QED) is 0.707. The number of rotatable bonds is 8. The number of aryl methyl sites for hydroxylation is 1. The fourth-order valence-electron chi connectivity index (χ4n) is 1.49. The summed E-state index contributed by atoms with van der Waals surface area (Å²) in [5.41, 5.74) is 1.23. The maximum atomic E-state index is 9.20. The van der Waals surface area contributed by atoms with Crippen LogP contribution in [-0.4, -0.2) is 31.0 Å². The topological polar surface area (TPSA) is 38.7 Å². The molecule has 0 heterocycles. The number of aliphatic hydroxyl groups excluding tert-OH is 1. The third-order valence-electron chi connectivity index (χ3n) is 2.47. The number of ether oxygens (including phenoxy) is 2. The molecule has 17 heavy (non-hydrogen) atoms. The second-order valence-corrected chi connectivity index (χ2v) is 4.08. The van der Waals surface area contributed by atoms with E-state index in [1.54, 1.807) is 0 Å². The van der Waals surface area contributed by atoms with E-state index in [4.69, 9.17) is 9.47 Å². The highest BCUT2D eigenvalue weighted by molar-refractivity contribution is 5.27. The van der Waals surface area contributed by atoms with Crippen molar-refractivity contribution in [2.75, 3.05) is 19.8 Å². The van der Waals surface area contributed by atoms with Gasteiger partial charge in [-0.3, -0.25) is 0 Å². The van der Waals surface area contributed by atoms with Gasteiger partial charge in [0.15, 0.2) is 0 Å². The molecule has 0 fully saturated rings. The highest BCUT2D eigenvalue weighted by atomic mass is 16.5. The van der Waals surface area contributed by atoms with Gasteiger partial charge in [-0.15, -0.1) is 0 Å². The fourth-order valence-corrected chi connectivity index (χ4v) is 1.49. The summed E-state index contributed by atoms with van der Waals surface area (Å²) in [7, 11) is 0. The molecule has 0 aliphatic rings. The van der Waals surface area contributed by atoms with Crippen LogP contribution in [0.1, 0.15) is 25.8 Å². The van der Waals surface area contributed by atoms with Gasteiger partial charge in [-0.1, -0.05) is 12.1 Å². The normalized spacial score (nSPS) is 12.4. The first-order chi connectivity index (χ1) is 8.22. The van der Waals surface area contributed by atoms with Gasteiger partial charge in [0.2, 0.25) is 0 Å². The van der Waals surface area contributed by atoms with Gasteiger partial charge in [0.1, 0.15) is 12.4 Å². The van der Waals surface area contributed by atoms with E-state index in [1.807, 2.05) is 38.1 Å². The molecule has 0 radical (unpaired) electrons.